The predicted octanol–water partition coefficient (Wildman–Crippen LogP) is 2.70. The van der Waals surface area contributed by atoms with Crippen LogP contribution in [0.2, 0.25) is 5.02 Å². The van der Waals surface area contributed by atoms with Gasteiger partial charge in [-0.15, -0.1) is 6.42 Å². The number of benzene rings is 1. The molecule has 2 unspecified atom stereocenters. The van der Waals surface area contributed by atoms with Gasteiger partial charge in [-0.3, -0.25) is 10.1 Å². The molecule has 0 heterocycles. The van der Waals surface area contributed by atoms with Gasteiger partial charge in [0.05, 0.1) is 0 Å². The van der Waals surface area contributed by atoms with Crippen LogP contribution in [0.25, 0.3) is 0 Å². The van der Waals surface area contributed by atoms with Crippen LogP contribution in [0.1, 0.15) is 18.6 Å². The first-order valence-electron chi connectivity index (χ1n) is 5.02. The molecular formula is C12H12ClNO3. The summed E-state index contributed by atoms with van der Waals surface area (Å²) in [6, 6.07) is 6.85. The quantitative estimate of drug-likeness (QED) is 0.461. The molecule has 17 heavy (non-hydrogen) atoms. The van der Waals surface area contributed by atoms with Crippen molar-refractivity contribution >= 4 is 11.6 Å². The second kappa shape index (κ2) is 6.24. The number of halogens is 1. The van der Waals surface area contributed by atoms with E-state index >= 15 is 0 Å². The second-order valence-corrected chi connectivity index (χ2v) is 3.88. The lowest BCUT2D eigenvalue weighted by atomic mass is 10.1. The third kappa shape index (κ3) is 4.06. The molecule has 4 nitrogen and oxygen atoms in total. The van der Waals surface area contributed by atoms with E-state index in [0.717, 1.165) is 0 Å². The van der Waals surface area contributed by atoms with Crippen LogP contribution >= 0.6 is 11.6 Å². The first kappa shape index (κ1) is 13.5. The summed E-state index contributed by atoms with van der Waals surface area (Å²) in [7, 11) is 0. The van der Waals surface area contributed by atoms with Crippen LogP contribution in [0, 0.1) is 22.5 Å². The zero-order chi connectivity index (χ0) is 12.8. The summed E-state index contributed by atoms with van der Waals surface area (Å²) in [4.78, 5) is 10.1. The van der Waals surface area contributed by atoms with Crippen molar-refractivity contribution in [2.24, 2.45) is 0 Å². The van der Waals surface area contributed by atoms with Crippen LogP contribution in [0.3, 0.4) is 0 Å². The molecular weight excluding hydrogens is 242 g/mol. The maximum absolute atomic E-state index is 10.6. The smallest absolute Gasteiger partial charge is 0.233 e. The summed E-state index contributed by atoms with van der Waals surface area (Å²) in [5, 5.41) is 11.0. The topological polar surface area (TPSA) is 52.4 Å². The minimum absolute atomic E-state index is 0.365. The fourth-order valence-electron chi connectivity index (χ4n) is 1.37. The summed E-state index contributed by atoms with van der Waals surface area (Å²) in [5.41, 5.74) is 0.577. The van der Waals surface area contributed by atoms with Gasteiger partial charge in [-0.05, 0) is 13.0 Å². The Morgan fingerprint density at radius 1 is 1.59 bits per heavy atom. The summed E-state index contributed by atoms with van der Waals surface area (Å²) in [6.45, 7) is 1.29. The Morgan fingerprint density at radius 3 is 2.76 bits per heavy atom. The molecule has 0 amide bonds. The summed E-state index contributed by atoms with van der Waals surface area (Å²) < 4.78 is 5.42. The summed E-state index contributed by atoms with van der Waals surface area (Å²) in [6.07, 6.45) is 3.95. The van der Waals surface area contributed by atoms with Gasteiger partial charge in [0.15, 0.2) is 0 Å². The number of rotatable bonds is 5. The van der Waals surface area contributed by atoms with Gasteiger partial charge in [-0.1, -0.05) is 35.7 Å². The highest BCUT2D eigenvalue weighted by molar-refractivity contribution is 6.31. The molecule has 0 aliphatic rings. The van der Waals surface area contributed by atoms with Crippen molar-refractivity contribution < 1.29 is 9.66 Å². The van der Waals surface area contributed by atoms with E-state index in [4.69, 9.17) is 22.8 Å². The van der Waals surface area contributed by atoms with Crippen molar-refractivity contribution in [2.75, 3.05) is 6.54 Å². The Bertz CT molecular complexity index is 442. The summed E-state index contributed by atoms with van der Waals surface area (Å²) >= 11 is 5.97. The lowest BCUT2D eigenvalue weighted by molar-refractivity contribution is -0.493. The Hall–Kier alpha value is -1.57. The zero-order valence-corrected chi connectivity index (χ0v) is 10.1. The highest BCUT2D eigenvalue weighted by Crippen LogP contribution is 2.26. The van der Waals surface area contributed by atoms with E-state index in [1.54, 1.807) is 31.2 Å². The number of hydrogen-bond acceptors (Lipinski definition) is 3. The van der Waals surface area contributed by atoms with Crippen LogP contribution in [-0.4, -0.2) is 17.6 Å². The van der Waals surface area contributed by atoms with E-state index in [2.05, 4.69) is 5.92 Å². The fourth-order valence-corrected chi connectivity index (χ4v) is 1.63. The lowest BCUT2D eigenvalue weighted by Crippen LogP contribution is -2.20. The minimum atomic E-state index is -0.732. The molecule has 5 heteroatoms. The van der Waals surface area contributed by atoms with E-state index in [1.807, 2.05) is 0 Å². The Labute approximate surface area is 105 Å². The lowest BCUT2D eigenvalue weighted by Gasteiger charge is -2.17. The molecule has 1 aromatic rings. The van der Waals surface area contributed by atoms with Crippen molar-refractivity contribution in [3.63, 3.8) is 0 Å². The van der Waals surface area contributed by atoms with Gasteiger partial charge in [-0.25, -0.2) is 0 Å². The summed E-state index contributed by atoms with van der Waals surface area (Å²) in [5.74, 6) is 2.37. The second-order valence-electron chi connectivity index (χ2n) is 3.47. The van der Waals surface area contributed by atoms with Gasteiger partial charge in [0.2, 0.25) is 6.54 Å². The Balaban J connectivity index is 2.94. The molecule has 1 rings (SSSR count). The minimum Gasteiger partial charge on any atom is -0.351 e. The van der Waals surface area contributed by atoms with Crippen LogP contribution in [0.15, 0.2) is 24.3 Å². The molecule has 90 valence electrons. The van der Waals surface area contributed by atoms with Gasteiger partial charge >= 0.3 is 0 Å². The molecule has 0 saturated carbocycles. The molecule has 2 atom stereocenters. The van der Waals surface area contributed by atoms with Crippen LogP contribution in [0.5, 0.6) is 0 Å². The fraction of sp³-hybridized carbons (Fsp3) is 0.333. The van der Waals surface area contributed by atoms with E-state index in [0.29, 0.717) is 10.6 Å². The van der Waals surface area contributed by atoms with E-state index in [9.17, 15) is 10.1 Å². The SMILES string of the molecule is C#CC(C)OC(C[N+](=O)[O-])c1ccccc1Cl. The van der Waals surface area contributed by atoms with Gasteiger partial charge in [0.25, 0.3) is 0 Å². The number of ether oxygens (including phenoxy) is 1. The molecule has 0 aromatic heterocycles. The number of nitro groups is 1. The maximum Gasteiger partial charge on any atom is 0.233 e. The molecule has 0 spiro atoms. The number of nitrogens with zero attached hydrogens (tertiary/aromatic N) is 1. The van der Waals surface area contributed by atoms with E-state index in [1.165, 1.54) is 0 Å². The average molecular weight is 254 g/mol. The monoisotopic (exact) mass is 253 g/mol. The van der Waals surface area contributed by atoms with E-state index < -0.39 is 17.1 Å². The molecule has 0 N–H and O–H groups in total. The standard InChI is InChI=1S/C12H12ClNO3/c1-3-9(2)17-12(8-14(15)16)10-6-4-5-7-11(10)13/h1,4-7,9,12H,8H2,2H3. The molecule has 0 aliphatic carbocycles. The first-order chi connectivity index (χ1) is 8.04. The molecule has 0 radical (unpaired) electrons. The van der Waals surface area contributed by atoms with Crippen LogP contribution in [0.4, 0.5) is 0 Å². The zero-order valence-electron chi connectivity index (χ0n) is 9.30. The predicted molar refractivity (Wildman–Crippen MR) is 65.4 cm³/mol. The van der Waals surface area contributed by atoms with Crippen molar-refractivity contribution in [1.29, 1.82) is 0 Å². The van der Waals surface area contributed by atoms with Crippen LogP contribution < -0.4 is 0 Å². The van der Waals surface area contributed by atoms with Crippen LogP contribution in [-0.2, 0) is 4.74 Å². The number of terminal acetylenes is 1. The van der Waals surface area contributed by atoms with Crippen molar-refractivity contribution in [3.05, 3.63) is 45.0 Å². The Kier molecular flexibility index (Phi) is 4.95. The van der Waals surface area contributed by atoms with Crippen molar-refractivity contribution in [2.45, 2.75) is 19.1 Å². The van der Waals surface area contributed by atoms with Gasteiger partial charge in [-0.2, -0.15) is 0 Å². The largest absolute Gasteiger partial charge is 0.351 e. The molecule has 0 aliphatic heterocycles. The molecule has 1 aromatic carbocycles. The van der Waals surface area contributed by atoms with Gasteiger partial charge in [0, 0.05) is 15.5 Å². The van der Waals surface area contributed by atoms with Crippen molar-refractivity contribution in [1.82, 2.24) is 0 Å². The highest BCUT2D eigenvalue weighted by atomic mass is 35.5. The highest BCUT2D eigenvalue weighted by Gasteiger charge is 2.22. The van der Waals surface area contributed by atoms with Gasteiger partial charge < -0.3 is 4.74 Å². The third-order valence-electron chi connectivity index (χ3n) is 2.17. The third-order valence-corrected chi connectivity index (χ3v) is 2.51. The molecule has 0 bridgehead atoms. The first-order valence-corrected chi connectivity index (χ1v) is 5.40. The molecule has 0 fully saturated rings. The number of hydrogen-bond donors (Lipinski definition) is 0. The Morgan fingerprint density at radius 2 is 2.24 bits per heavy atom. The average Bonchev–Trinajstić information content (AvgIpc) is 2.28. The van der Waals surface area contributed by atoms with E-state index in [-0.39, 0.29) is 6.54 Å². The van der Waals surface area contributed by atoms with Crippen molar-refractivity contribution in [3.8, 4) is 12.3 Å². The normalized spacial score (nSPS) is 13.7. The van der Waals surface area contributed by atoms with Gasteiger partial charge in [0.1, 0.15) is 12.2 Å². The molecule has 0 saturated heterocycles. The maximum atomic E-state index is 10.6.